The van der Waals surface area contributed by atoms with Gasteiger partial charge in [-0.05, 0) is 60.5 Å². The van der Waals surface area contributed by atoms with E-state index >= 15 is 0 Å². The molecule has 0 fully saturated rings. The van der Waals surface area contributed by atoms with E-state index in [9.17, 15) is 9.18 Å². The van der Waals surface area contributed by atoms with Gasteiger partial charge < -0.3 is 14.2 Å². The number of aromatic nitrogens is 1. The first kappa shape index (κ1) is 23.7. The molecule has 0 aliphatic heterocycles. The number of amides is 1. The number of fused-ring (bicyclic) bond motifs is 1. The second kappa shape index (κ2) is 11.6. The Balaban J connectivity index is 1.33. The number of benzene rings is 3. The SMILES string of the molecule is CCOc1cc(/C=N/NC(=O)COc2cccc3cccnc23)ccc1OCc1ccc(F)cc1. The van der Waals surface area contributed by atoms with Crippen LogP contribution in [0.25, 0.3) is 10.9 Å². The summed E-state index contributed by atoms with van der Waals surface area (Å²) in [5, 5.41) is 4.93. The number of nitrogens with one attached hydrogen (secondary N) is 1. The van der Waals surface area contributed by atoms with Crippen molar-refractivity contribution in [2.24, 2.45) is 5.10 Å². The van der Waals surface area contributed by atoms with Crippen molar-refractivity contribution in [3.05, 3.63) is 95.9 Å². The molecule has 1 amide bonds. The van der Waals surface area contributed by atoms with Gasteiger partial charge in [-0.3, -0.25) is 9.78 Å². The van der Waals surface area contributed by atoms with E-state index in [0.717, 1.165) is 10.9 Å². The van der Waals surface area contributed by atoms with Gasteiger partial charge in [-0.2, -0.15) is 5.10 Å². The Morgan fingerprint density at radius 3 is 2.63 bits per heavy atom. The average Bonchev–Trinajstić information content (AvgIpc) is 2.88. The van der Waals surface area contributed by atoms with Crippen LogP contribution in [0.5, 0.6) is 17.2 Å². The first-order valence-electron chi connectivity index (χ1n) is 11.0. The number of nitrogens with zero attached hydrogens (tertiary/aromatic N) is 2. The van der Waals surface area contributed by atoms with E-state index in [1.807, 2.05) is 31.2 Å². The summed E-state index contributed by atoms with van der Waals surface area (Å²) in [4.78, 5) is 16.5. The van der Waals surface area contributed by atoms with Gasteiger partial charge in [-0.15, -0.1) is 0 Å². The Morgan fingerprint density at radius 1 is 0.971 bits per heavy atom. The predicted molar refractivity (Wildman–Crippen MR) is 131 cm³/mol. The molecular weight excluding hydrogens is 449 g/mol. The van der Waals surface area contributed by atoms with Gasteiger partial charge in [-0.25, -0.2) is 9.82 Å². The van der Waals surface area contributed by atoms with Crippen molar-refractivity contribution in [2.45, 2.75) is 13.5 Å². The Hall–Kier alpha value is -4.46. The van der Waals surface area contributed by atoms with Gasteiger partial charge in [0.15, 0.2) is 18.1 Å². The molecule has 0 bridgehead atoms. The van der Waals surface area contributed by atoms with Gasteiger partial charge in [0.25, 0.3) is 5.91 Å². The second-order valence-electron chi connectivity index (χ2n) is 7.47. The molecule has 0 unspecified atom stereocenters. The molecule has 0 aliphatic carbocycles. The van der Waals surface area contributed by atoms with Gasteiger partial charge in [-0.1, -0.05) is 30.3 Å². The number of rotatable bonds is 10. The van der Waals surface area contributed by atoms with Crippen LogP contribution < -0.4 is 19.6 Å². The minimum atomic E-state index is -0.404. The van der Waals surface area contributed by atoms with Gasteiger partial charge in [0.05, 0.1) is 12.8 Å². The molecule has 0 aliphatic rings. The summed E-state index contributed by atoms with van der Waals surface area (Å²) in [5.41, 5.74) is 4.69. The summed E-state index contributed by atoms with van der Waals surface area (Å²) in [5.74, 6) is 0.918. The van der Waals surface area contributed by atoms with Crippen molar-refractivity contribution < 1.29 is 23.4 Å². The Morgan fingerprint density at radius 2 is 1.80 bits per heavy atom. The van der Waals surface area contributed by atoms with Crippen molar-refractivity contribution in [3.63, 3.8) is 0 Å². The molecule has 35 heavy (non-hydrogen) atoms. The fraction of sp³-hybridized carbons (Fsp3) is 0.148. The number of pyridine rings is 1. The van der Waals surface area contributed by atoms with Crippen molar-refractivity contribution in [3.8, 4) is 17.2 Å². The predicted octanol–water partition coefficient (Wildman–Crippen LogP) is 4.88. The standard InChI is InChI=1S/C27H24FN3O4/c1-2-33-25-15-20(10-13-23(25)34-17-19-8-11-22(28)12-9-19)16-30-31-26(32)18-35-24-7-3-5-21-6-4-14-29-27(21)24/h3-16H,2,17-18H2,1H3,(H,31,32)/b30-16+. The largest absolute Gasteiger partial charge is 0.490 e. The lowest BCUT2D eigenvalue weighted by Gasteiger charge is -2.12. The third-order valence-corrected chi connectivity index (χ3v) is 4.93. The second-order valence-corrected chi connectivity index (χ2v) is 7.47. The fourth-order valence-corrected chi connectivity index (χ4v) is 3.28. The topological polar surface area (TPSA) is 82.0 Å². The third kappa shape index (κ3) is 6.54. The van der Waals surface area contributed by atoms with Crippen LogP contribution in [0.4, 0.5) is 4.39 Å². The van der Waals surface area contributed by atoms with E-state index in [-0.39, 0.29) is 19.0 Å². The molecule has 0 saturated carbocycles. The number of halogens is 1. The zero-order valence-corrected chi connectivity index (χ0v) is 19.1. The van der Waals surface area contributed by atoms with Crippen LogP contribution in [0, 0.1) is 5.82 Å². The van der Waals surface area contributed by atoms with E-state index < -0.39 is 5.91 Å². The monoisotopic (exact) mass is 473 g/mol. The normalized spacial score (nSPS) is 10.9. The zero-order valence-electron chi connectivity index (χ0n) is 19.1. The van der Waals surface area contributed by atoms with Crippen LogP contribution in [0.1, 0.15) is 18.1 Å². The molecule has 7 nitrogen and oxygen atoms in total. The quantitative estimate of drug-likeness (QED) is 0.262. The van der Waals surface area contributed by atoms with E-state index in [0.29, 0.717) is 34.9 Å². The molecule has 1 aromatic heterocycles. The van der Waals surface area contributed by atoms with E-state index in [4.69, 9.17) is 14.2 Å². The summed E-state index contributed by atoms with van der Waals surface area (Å²) in [6, 6.07) is 20.7. The number of hydrazone groups is 1. The Labute approximate surface area is 202 Å². The van der Waals surface area contributed by atoms with Crippen LogP contribution in [-0.4, -0.2) is 30.3 Å². The first-order valence-corrected chi connectivity index (χ1v) is 11.0. The molecule has 4 rings (SSSR count). The lowest BCUT2D eigenvalue weighted by Crippen LogP contribution is -2.24. The maximum Gasteiger partial charge on any atom is 0.277 e. The molecule has 3 aromatic carbocycles. The molecule has 8 heteroatoms. The van der Waals surface area contributed by atoms with Crippen molar-refractivity contribution in [2.75, 3.05) is 13.2 Å². The Bertz CT molecular complexity index is 1320. The van der Waals surface area contributed by atoms with E-state index in [1.165, 1.54) is 18.3 Å². The maximum absolute atomic E-state index is 13.1. The maximum atomic E-state index is 13.1. The third-order valence-electron chi connectivity index (χ3n) is 4.93. The lowest BCUT2D eigenvalue weighted by molar-refractivity contribution is -0.123. The zero-order chi connectivity index (χ0) is 24.5. The highest BCUT2D eigenvalue weighted by Crippen LogP contribution is 2.29. The smallest absolute Gasteiger partial charge is 0.277 e. The molecule has 4 aromatic rings. The van der Waals surface area contributed by atoms with Crippen molar-refractivity contribution in [1.29, 1.82) is 0 Å². The van der Waals surface area contributed by atoms with Crippen LogP contribution in [-0.2, 0) is 11.4 Å². The molecule has 0 saturated heterocycles. The Kier molecular flexibility index (Phi) is 7.85. The van der Waals surface area contributed by atoms with Crippen LogP contribution in [0.15, 0.2) is 84.1 Å². The van der Waals surface area contributed by atoms with Crippen LogP contribution in [0.3, 0.4) is 0 Å². The van der Waals surface area contributed by atoms with Crippen molar-refractivity contribution in [1.82, 2.24) is 10.4 Å². The van der Waals surface area contributed by atoms with Crippen LogP contribution >= 0.6 is 0 Å². The fourth-order valence-electron chi connectivity index (χ4n) is 3.28. The minimum absolute atomic E-state index is 0.201. The summed E-state index contributed by atoms with van der Waals surface area (Å²) in [7, 11) is 0. The van der Waals surface area contributed by atoms with Gasteiger partial charge in [0, 0.05) is 11.6 Å². The number of ether oxygens (including phenoxy) is 3. The van der Waals surface area contributed by atoms with Crippen molar-refractivity contribution >= 4 is 23.0 Å². The number of hydrogen-bond donors (Lipinski definition) is 1. The molecule has 0 radical (unpaired) electrons. The van der Waals surface area contributed by atoms with Gasteiger partial charge >= 0.3 is 0 Å². The highest BCUT2D eigenvalue weighted by atomic mass is 19.1. The average molecular weight is 474 g/mol. The summed E-state index contributed by atoms with van der Waals surface area (Å²) >= 11 is 0. The van der Waals surface area contributed by atoms with E-state index in [2.05, 4.69) is 15.5 Å². The first-order chi connectivity index (χ1) is 17.1. The minimum Gasteiger partial charge on any atom is -0.490 e. The van der Waals surface area contributed by atoms with Gasteiger partial charge in [0.1, 0.15) is 23.7 Å². The lowest BCUT2D eigenvalue weighted by atomic mass is 10.2. The number of para-hydroxylation sites is 1. The number of carbonyl (C=O) groups excluding carboxylic acids is 1. The molecule has 178 valence electrons. The van der Waals surface area contributed by atoms with E-state index in [1.54, 1.807) is 42.6 Å². The summed E-state index contributed by atoms with van der Waals surface area (Å²) in [6.45, 7) is 2.39. The molecule has 0 atom stereocenters. The molecule has 0 spiro atoms. The summed E-state index contributed by atoms with van der Waals surface area (Å²) < 4.78 is 30.2. The highest BCUT2D eigenvalue weighted by Gasteiger charge is 2.08. The molecular formula is C27H24FN3O4. The number of hydrogen-bond acceptors (Lipinski definition) is 6. The highest BCUT2D eigenvalue weighted by molar-refractivity contribution is 5.86. The number of carbonyl (C=O) groups is 1. The van der Waals surface area contributed by atoms with Gasteiger partial charge in [0.2, 0.25) is 0 Å². The molecule has 1 N–H and O–H groups in total. The summed E-state index contributed by atoms with van der Waals surface area (Å²) in [6.07, 6.45) is 3.18. The van der Waals surface area contributed by atoms with Crippen LogP contribution in [0.2, 0.25) is 0 Å². The molecule has 1 heterocycles.